The molecule has 0 aliphatic heterocycles. The molecule has 1 atom stereocenters. The topological polar surface area (TPSA) is 66.4 Å². The van der Waals surface area contributed by atoms with Gasteiger partial charge in [-0.05, 0) is 35.6 Å². The average molecular weight is 311 g/mol. The van der Waals surface area contributed by atoms with Crippen LogP contribution in [0.5, 0.6) is 0 Å². The highest BCUT2D eigenvalue weighted by Gasteiger charge is 2.08. The second-order valence-corrected chi connectivity index (χ2v) is 5.62. The number of aryl methyl sites for hydroxylation is 1. The van der Waals surface area contributed by atoms with Gasteiger partial charge in [0.05, 0.1) is 5.56 Å². The zero-order valence-electron chi connectivity index (χ0n) is 13.2. The highest BCUT2D eigenvalue weighted by atomic mass is 16.4. The number of hydrogen-bond acceptors (Lipinski definition) is 2. The van der Waals surface area contributed by atoms with Crippen molar-refractivity contribution in [3.63, 3.8) is 0 Å². The molecule has 2 rings (SSSR count). The van der Waals surface area contributed by atoms with Gasteiger partial charge in [-0.3, -0.25) is 4.79 Å². The van der Waals surface area contributed by atoms with Crippen molar-refractivity contribution in [2.45, 2.75) is 25.7 Å². The summed E-state index contributed by atoms with van der Waals surface area (Å²) in [5, 5.41) is 11.8. The van der Waals surface area contributed by atoms with E-state index in [0.29, 0.717) is 19.4 Å². The van der Waals surface area contributed by atoms with Gasteiger partial charge < -0.3 is 10.4 Å². The van der Waals surface area contributed by atoms with Crippen LogP contribution in [0.2, 0.25) is 0 Å². The van der Waals surface area contributed by atoms with Gasteiger partial charge in [-0.2, -0.15) is 0 Å². The van der Waals surface area contributed by atoms with Gasteiger partial charge in [0.2, 0.25) is 5.91 Å². The third kappa shape index (κ3) is 5.25. The zero-order chi connectivity index (χ0) is 16.7. The van der Waals surface area contributed by atoms with Gasteiger partial charge in [0.1, 0.15) is 0 Å². The lowest BCUT2D eigenvalue weighted by molar-refractivity contribution is -0.121. The second-order valence-electron chi connectivity index (χ2n) is 5.62. The molecule has 0 heterocycles. The molecular formula is C19H21NO3. The van der Waals surface area contributed by atoms with Crippen molar-refractivity contribution < 1.29 is 14.7 Å². The Kier molecular flexibility index (Phi) is 5.92. The third-order valence-corrected chi connectivity index (χ3v) is 3.82. The maximum atomic E-state index is 11.9. The number of hydrogen-bond donors (Lipinski definition) is 2. The summed E-state index contributed by atoms with van der Waals surface area (Å²) in [6, 6.07) is 16.7. The first-order valence-corrected chi connectivity index (χ1v) is 7.70. The number of carbonyl (C=O) groups excluding carboxylic acids is 1. The Hall–Kier alpha value is -2.62. The first-order chi connectivity index (χ1) is 11.1. The monoisotopic (exact) mass is 311 g/mol. The van der Waals surface area contributed by atoms with Crippen LogP contribution in [0, 0.1) is 0 Å². The molecule has 0 saturated carbocycles. The van der Waals surface area contributed by atoms with Crippen LogP contribution >= 0.6 is 0 Å². The molecule has 4 nitrogen and oxygen atoms in total. The number of nitrogens with one attached hydrogen (secondary N) is 1. The number of rotatable bonds is 7. The van der Waals surface area contributed by atoms with Crippen molar-refractivity contribution in [3.8, 4) is 0 Å². The SMILES string of the molecule is CC(CNC(=O)CCc1ccc(C(=O)O)cc1)c1ccccc1. The summed E-state index contributed by atoms with van der Waals surface area (Å²) < 4.78 is 0. The second kappa shape index (κ2) is 8.13. The van der Waals surface area contributed by atoms with Crippen LogP contribution < -0.4 is 5.32 Å². The van der Waals surface area contributed by atoms with Crippen LogP contribution in [0.3, 0.4) is 0 Å². The summed E-state index contributed by atoms with van der Waals surface area (Å²) >= 11 is 0. The van der Waals surface area contributed by atoms with Crippen LogP contribution in [0.4, 0.5) is 0 Å². The zero-order valence-corrected chi connectivity index (χ0v) is 13.2. The molecule has 0 bridgehead atoms. The molecule has 0 saturated heterocycles. The number of carboxylic acids is 1. The Bertz CT molecular complexity index is 650. The lowest BCUT2D eigenvalue weighted by atomic mass is 10.0. The molecule has 2 N–H and O–H groups in total. The number of carbonyl (C=O) groups is 2. The molecule has 2 aromatic rings. The van der Waals surface area contributed by atoms with Gasteiger partial charge in [0.25, 0.3) is 0 Å². The fraction of sp³-hybridized carbons (Fsp3) is 0.263. The Morgan fingerprint density at radius 2 is 1.70 bits per heavy atom. The minimum absolute atomic E-state index is 0.00934. The van der Waals surface area contributed by atoms with Gasteiger partial charge in [0.15, 0.2) is 0 Å². The van der Waals surface area contributed by atoms with Gasteiger partial charge in [-0.15, -0.1) is 0 Å². The summed E-state index contributed by atoms with van der Waals surface area (Å²) in [5.74, 6) is -0.658. The lowest BCUT2D eigenvalue weighted by Crippen LogP contribution is -2.27. The van der Waals surface area contributed by atoms with Crippen molar-refractivity contribution >= 4 is 11.9 Å². The summed E-state index contributed by atoms with van der Waals surface area (Å²) in [7, 11) is 0. The van der Waals surface area contributed by atoms with Gasteiger partial charge in [-0.25, -0.2) is 4.79 Å². The summed E-state index contributed by atoms with van der Waals surface area (Å²) in [6.45, 7) is 2.70. The molecule has 0 spiro atoms. The Morgan fingerprint density at radius 1 is 1.04 bits per heavy atom. The molecule has 1 amide bonds. The van der Waals surface area contributed by atoms with Crippen LogP contribution in [0.15, 0.2) is 54.6 Å². The van der Waals surface area contributed by atoms with E-state index in [4.69, 9.17) is 5.11 Å². The highest BCUT2D eigenvalue weighted by molar-refractivity contribution is 5.87. The maximum absolute atomic E-state index is 11.9. The fourth-order valence-electron chi connectivity index (χ4n) is 2.33. The molecule has 0 fully saturated rings. The van der Waals surface area contributed by atoms with E-state index < -0.39 is 5.97 Å². The molecule has 23 heavy (non-hydrogen) atoms. The predicted molar refractivity (Wildman–Crippen MR) is 89.6 cm³/mol. The van der Waals surface area contributed by atoms with E-state index in [2.05, 4.69) is 24.4 Å². The first kappa shape index (κ1) is 16.7. The predicted octanol–water partition coefficient (Wildman–Crippen LogP) is 3.24. The molecule has 120 valence electrons. The number of amides is 1. The van der Waals surface area contributed by atoms with Crippen molar-refractivity contribution in [1.29, 1.82) is 0 Å². The van der Waals surface area contributed by atoms with Crippen molar-refractivity contribution in [3.05, 3.63) is 71.3 Å². The standard InChI is InChI=1S/C19H21NO3/c1-14(16-5-3-2-4-6-16)13-20-18(21)12-9-15-7-10-17(11-8-15)19(22)23/h2-8,10-11,14H,9,12-13H2,1H3,(H,20,21)(H,22,23). The number of carboxylic acid groups (broad SMARTS) is 1. The van der Waals surface area contributed by atoms with E-state index in [9.17, 15) is 9.59 Å². The third-order valence-electron chi connectivity index (χ3n) is 3.82. The molecular weight excluding hydrogens is 290 g/mol. The summed E-state index contributed by atoms with van der Waals surface area (Å²) in [6.07, 6.45) is 0.999. The molecule has 0 aromatic heterocycles. The quantitative estimate of drug-likeness (QED) is 0.825. The lowest BCUT2D eigenvalue weighted by Gasteiger charge is -2.13. The van der Waals surface area contributed by atoms with Crippen molar-refractivity contribution in [2.24, 2.45) is 0 Å². The largest absolute Gasteiger partial charge is 0.478 e. The van der Waals surface area contributed by atoms with E-state index in [0.717, 1.165) is 5.56 Å². The van der Waals surface area contributed by atoms with Crippen molar-refractivity contribution in [2.75, 3.05) is 6.54 Å². The molecule has 0 aliphatic carbocycles. The minimum Gasteiger partial charge on any atom is -0.478 e. The first-order valence-electron chi connectivity index (χ1n) is 7.70. The molecule has 2 aromatic carbocycles. The van der Waals surface area contributed by atoms with Crippen LogP contribution in [-0.4, -0.2) is 23.5 Å². The van der Waals surface area contributed by atoms with E-state index in [1.807, 2.05) is 18.2 Å². The Balaban J connectivity index is 1.75. The van der Waals surface area contributed by atoms with E-state index in [-0.39, 0.29) is 17.4 Å². The maximum Gasteiger partial charge on any atom is 0.335 e. The van der Waals surface area contributed by atoms with Crippen molar-refractivity contribution in [1.82, 2.24) is 5.32 Å². The van der Waals surface area contributed by atoms with E-state index >= 15 is 0 Å². The van der Waals surface area contributed by atoms with Crippen LogP contribution in [-0.2, 0) is 11.2 Å². The van der Waals surface area contributed by atoms with Gasteiger partial charge >= 0.3 is 5.97 Å². The fourth-order valence-corrected chi connectivity index (χ4v) is 2.33. The number of aromatic carboxylic acids is 1. The highest BCUT2D eigenvalue weighted by Crippen LogP contribution is 2.13. The minimum atomic E-state index is -0.941. The van der Waals surface area contributed by atoms with Gasteiger partial charge in [0, 0.05) is 13.0 Å². The number of benzene rings is 2. The van der Waals surface area contributed by atoms with Crippen LogP contribution in [0.25, 0.3) is 0 Å². The summed E-state index contributed by atoms with van der Waals surface area (Å²) in [5.41, 5.74) is 2.42. The van der Waals surface area contributed by atoms with Gasteiger partial charge in [-0.1, -0.05) is 49.4 Å². The van der Waals surface area contributed by atoms with E-state index in [1.165, 1.54) is 5.56 Å². The Morgan fingerprint density at radius 3 is 2.30 bits per heavy atom. The normalized spacial score (nSPS) is 11.7. The van der Waals surface area contributed by atoms with E-state index in [1.54, 1.807) is 24.3 Å². The Labute approximate surface area is 136 Å². The smallest absolute Gasteiger partial charge is 0.335 e. The van der Waals surface area contributed by atoms with Crippen LogP contribution in [0.1, 0.15) is 40.7 Å². The molecule has 1 unspecified atom stereocenters. The molecule has 0 radical (unpaired) electrons. The molecule has 0 aliphatic rings. The molecule has 4 heteroatoms. The summed E-state index contributed by atoms with van der Waals surface area (Å²) in [4.78, 5) is 22.7. The average Bonchev–Trinajstić information content (AvgIpc) is 2.59.